The molecule has 0 bridgehead atoms. The van der Waals surface area contributed by atoms with E-state index in [1.807, 2.05) is 23.1 Å². The summed E-state index contributed by atoms with van der Waals surface area (Å²) in [5.41, 5.74) is 0.830. The molecule has 0 spiro atoms. The molecule has 0 unspecified atom stereocenters. The third kappa shape index (κ3) is 3.30. The molecule has 28 heavy (non-hydrogen) atoms. The molecule has 1 saturated heterocycles. The number of ether oxygens (including phenoxy) is 2. The van der Waals surface area contributed by atoms with Crippen molar-refractivity contribution in [3.05, 3.63) is 62.2 Å². The van der Waals surface area contributed by atoms with Gasteiger partial charge in [-0.25, -0.2) is 0 Å². The molecule has 9 nitrogen and oxygen atoms in total. The summed E-state index contributed by atoms with van der Waals surface area (Å²) in [5, 5.41) is 22.5. The van der Waals surface area contributed by atoms with Gasteiger partial charge in [0.25, 0.3) is 11.4 Å². The van der Waals surface area contributed by atoms with Gasteiger partial charge in [-0.3, -0.25) is 20.2 Å². The van der Waals surface area contributed by atoms with E-state index in [0.717, 1.165) is 30.9 Å². The highest BCUT2D eigenvalue weighted by Crippen LogP contribution is 2.43. The van der Waals surface area contributed by atoms with E-state index in [0.29, 0.717) is 36.9 Å². The number of nitrogens with zero attached hydrogens (tertiary/aromatic N) is 3. The molecule has 0 saturated carbocycles. The van der Waals surface area contributed by atoms with E-state index in [2.05, 4.69) is 0 Å². The van der Waals surface area contributed by atoms with Crippen LogP contribution in [0.25, 0.3) is 0 Å². The third-order valence-corrected chi connectivity index (χ3v) is 5.09. The first kappa shape index (κ1) is 18.0. The number of nitro benzene ring substituents is 2. The molecule has 0 radical (unpaired) electrons. The standard InChI is InChI=1S/C19H19N3O6/c23-21(24)14-5-6-16(17(12-14)22(25)26)20-8-1-3-15(20)13-4-7-18-19(11-13)28-10-2-9-27-18/h4-7,11-12,15H,1-3,8-10H2/t15-/m1/s1. The molecule has 1 fully saturated rings. The second-order valence-corrected chi connectivity index (χ2v) is 6.80. The Morgan fingerprint density at radius 3 is 2.46 bits per heavy atom. The Morgan fingerprint density at radius 1 is 0.929 bits per heavy atom. The van der Waals surface area contributed by atoms with Crippen LogP contribution in [0.4, 0.5) is 17.1 Å². The van der Waals surface area contributed by atoms with Crippen LogP contribution < -0.4 is 14.4 Å². The number of anilines is 1. The van der Waals surface area contributed by atoms with Gasteiger partial charge in [0.1, 0.15) is 5.69 Å². The highest BCUT2D eigenvalue weighted by atomic mass is 16.6. The number of fused-ring (bicyclic) bond motifs is 1. The summed E-state index contributed by atoms with van der Waals surface area (Å²) in [4.78, 5) is 23.3. The molecule has 2 aromatic rings. The van der Waals surface area contributed by atoms with Crippen molar-refractivity contribution in [3.8, 4) is 11.5 Å². The summed E-state index contributed by atoms with van der Waals surface area (Å²) in [7, 11) is 0. The Kier molecular flexibility index (Phi) is 4.72. The van der Waals surface area contributed by atoms with Crippen LogP contribution in [0.3, 0.4) is 0 Å². The van der Waals surface area contributed by atoms with Crippen LogP contribution in [-0.2, 0) is 0 Å². The monoisotopic (exact) mass is 385 g/mol. The average molecular weight is 385 g/mol. The van der Waals surface area contributed by atoms with Crippen molar-refractivity contribution in [1.29, 1.82) is 0 Å². The lowest BCUT2D eigenvalue weighted by Crippen LogP contribution is -2.23. The summed E-state index contributed by atoms with van der Waals surface area (Å²) >= 11 is 0. The van der Waals surface area contributed by atoms with E-state index in [9.17, 15) is 20.2 Å². The van der Waals surface area contributed by atoms with E-state index in [1.54, 1.807) is 0 Å². The Bertz CT molecular complexity index is 932. The van der Waals surface area contributed by atoms with E-state index in [4.69, 9.17) is 9.47 Å². The summed E-state index contributed by atoms with van der Waals surface area (Å²) in [6.07, 6.45) is 2.51. The third-order valence-electron chi connectivity index (χ3n) is 5.09. The van der Waals surface area contributed by atoms with Crippen LogP contribution in [0, 0.1) is 20.2 Å². The van der Waals surface area contributed by atoms with Crippen molar-refractivity contribution in [2.45, 2.75) is 25.3 Å². The molecule has 0 aromatic heterocycles. The Labute approximate surface area is 160 Å². The van der Waals surface area contributed by atoms with Gasteiger partial charge in [-0.15, -0.1) is 0 Å². The molecular weight excluding hydrogens is 366 g/mol. The maximum absolute atomic E-state index is 11.5. The summed E-state index contributed by atoms with van der Waals surface area (Å²) < 4.78 is 11.4. The number of hydrogen-bond donors (Lipinski definition) is 0. The van der Waals surface area contributed by atoms with Gasteiger partial charge < -0.3 is 14.4 Å². The second kappa shape index (κ2) is 7.34. The average Bonchev–Trinajstić information content (AvgIpc) is 3.05. The van der Waals surface area contributed by atoms with Gasteiger partial charge in [-0.1, -0.05) is 6.07 Å². The molecule has 9 heteroatoms. The Morgan fingerprint density at radius 2 is 1.71 bits per heavy atom. The van der Waals surface area contributed by atoms with Gasteiger partial charge in [-0.05, 0) is 36.6 Å². The van der Waals surface area contributed by atoms with Crippen LogP contribution in [0.5, 0.6) is 11.5 Å². The lowest BCUT2D eigenvalue weighted by molar-refractivity contribution is -0.393. The van der Waals surface area contributed by atoms with Crippen molar-refractivity contribution in [2.75, 3.05) is 24.7 Å². The zero-order valence-electron chi connectivity index (χ0n) is 15.1. The molecule has 2 heterocycles. The smallest absolute Gasteiger partial charge is 0.299 e. The summed E-state index contributed by atoms with van der Waals surface area (Å²) in [6.45, 7) is 1.83. The van der Waals surface area contributed by atoms with E-state index in [-0.39, 0.29) is 17.4 Å². The number of non-ortho nitro benzene ring substituents is 1. The van der Waals surface area contributed by atoms with Gasteiger partial charge in [0.2, 0.25) is 0 Å². The second-order valence-electron chi connectivity index (χ2n) is 6.80. The predicted octanol–water partition coefficient (Wildman–Crippen LogP) is 4.01. The number of nitro groups is 2. The highest BCUT2D eigenvalue weighted by Gasteiger charge is 2.32. The molecule has 2 aliphatic rings. The van der Waals surface area contributed by atoms with Crippen LogP contribution in [0.15, 0.2) is 36.4 Å². The quantitative estimate of drug-likeness (QED) is 0.578. The van der Waals surface area contributed by atoms with Crippen molar-refractivity contribution in [3.63, 3.8) is 0 Å². The first-order valence-electron chi connectivity index (χ1n) is 9.13. The van der Waals surface area contributed by atoms with Gasteiger partial charge in [0, 0.05) is 19.0 Å². The molecule has 2 aromatic carbocycles. The molecule has 0 N–H and O–H groups in total. The van der Waals surface area contributed by atoms with Crippen LogP contribution in [0.2, 0.25) is 0 Å². The van der Waals surface area contributed by atoms with Crippen LogP contribution >= 0.6 is 0 Å². The van der Waals surface area contributed by atoms with Crippen LogP contribution in [0.1, 0.15) is 30.9 Å². The van der Waals surface area contributed by atoms with Gasteiger partial charge in [-0.2, -0.15) is 0 Å². The topological polar surface area (TPSA) is 108 Å². The van der Waals surface area contributed by atoms with E-state index in [1.165, 1.54) is 12.1 Å². The Hall–Kier alpha value is -3.36. The minimum atomic E-state index is -0.623. The SMILES string of the molecule is O=[N+]([O-])c1ccc(N2CCC[C@@H]2c2ccc3c(c2)OCCCO3)c([N+](=O)[O-])c1. The summed E-state index contributed by atoms with van der Waals surface area (Å²) in [5.74, 6) is 1.38. The predicted molar refractivity (Wildman–Crippen MR) is 101 cm³/mol. The molecule has 4 rings (SSSR count). The minimum absolute atomic E-state index is 0.0719. The maximum atomic E-state index is 11.5. The molecule has 0 amide bonds. The number of benzene rings is 2. The lowest BCUT2D eigenvalue weighted by Gasteiger charge is -2.27. The fraction of sp³-hybridized carbons (Fsp3) is 0.368. The van der Waals surface area contributed by atoms with Crippen molar-refractivity contribution < 1.29 is 19.3 Å². The molecular formula is C19H19N3O6. The Balaban J connectivity index is 1.70. The fourth-order valence-electron chi connectivity index (χ4n) is 3.80. The lowest BCUT2D eigenvalue weighted by atomic mass is 10.0. The number of rotatable bonds is 4. The molecule has 0 aliphatic carbocycles. The number of hydrogen-bond acceptors (Lipinski definition) is 7. The zero-order chi connectivity index (χ0) is 19.7. The van der Waals surface area contributed by atoms with Crippen molar-refractivity contribution in [1.82, 2.24) is 0 Å². The molecule has 146 valence electrons. The van der Waals surface area contributed by atoms with Gasteiger partial charge in [0.05, 0.1) is 35.2 Å². The molecule has 1 atom stereocenters. The largest absolute Gasteiger partial charge is 0.490 e. The van der Waals surface area contributed by atoms with Gasteiger partial charge in [0.15, 0.2) is 11.5 Å². The van der Waals surface area contributed by atoms with Gasteiger partial charge >= 0.3 is 0 Å². The maximum Gasteiger partial charge on any atom is 0.299 e. The van der Waals surface area contributed by atoms with Crippen molar-refractivity contribution >= 4 is 17.1 Å². The van der Waals surface area contributed by atoms with Crippen molar-refractivity contribution in [2.24, 2.45) is 0 Å². The molecule has 2 aliphatic heterocycles. The van der Waals surface area contributed by atoms with E-state index < -0.39 is 9.85 Å². The van der Waals surface area contributed by atoms with E-state index >= 15 is 0 Å². The summed E-state index contributed by atoms with van der Waals surface area (Å²) in [6, 6.07) is 9.49. The van der Waals surface area contributed by atoms with Crippen LogP contribution in [-0.4, -0.2) is 29.6 Å². The first-order chi connectivity index (χ1) is 13.5. The highest BCUT2D eigenvalue weighted by molar-refractivity contribution is 5.68. The fourth-order valence-corrected chi connectivity index (χ4v) is 3.80. The zero-order valence-corrected chi connectivity index (χ0v) is 15.1. The minimum Gasteiger partial charge on any atom is -0.490 e. The first-order valence-corrected chi connectivity index (χ1v) is 9.13. The normalized spacial score (nSPS) is 18.6.